The smallest absolute Gasteiger partial charge is 0.238 e. The van der Waals surface area contributed by atoms with Crippen LogP contribution in [0.15, 0.2) is 6.07 Å². The highest BCUT2D eigenvalue weighted by atomic mass is 16.5. The van der Waals surface area contributed by atoms with Crippen LogP contribution in [-0.4, -0.2) is 31.3 Å². The Labute approximate surface area is 87.9 Å². The summed E-state index contributed by atoms with van der Waals surface area (Å²) in [7, 11) is 0. The number of nitrogens with two attached hydrogens (primary N) is 1. The fourth-order valence-corrected chi connectivity index (χ4v) is 1.58. The van der Waals surface area contributed by atoms with Gasteiger partial charge in [-0.05, 0) is 0 Å². The Morgan fingerprint density at radius 2 is 2.20 bits per heavy atom. The quantitative estimate of drug-likeness (QED) is 0.496. The topological polar surface area (TPSA) is 78.3 Å². The van der Waals surface area contributed by atoms with E-state index in [0.717, 1.165) is 18.9 Å². The maximum absolute atomic E-state index is 11.3. The van der Waals surface area contributed by atoms with Crippen LogP contribution in [0.5, 0.6) is 0 Å². The third-order valence-electron chi connectivity index (χ3n) is 2.42. The lowest BCUT2D eigenvalue weighted by Crippen LogP contribution is -2.40. The number of rotatable bonds is 1. The van der Waals surface area contributed by atoms with E-state index in [4.69, 9.17) is 10.5 Å². The molecule has 1 aliphatic rings. The lowest BCUT2D eigenvalue weighted by Gasteiger charge is -2.26. The molecule has 1 fully saturated rings. The van der Waals surface area contributed by atoms with Crippen molar-refractivity contribution in [3.63, 3.8) is 0 Å². The zero-order valence-electron chi connectivity index (χ0n) is 8.64. The number of anilines is 2. The van der Waals surface area contributed by atoms with Crippen LogP contribution in [0.4, 0.5) is 11.6 Å². The van der Waals surface area contributed by atoms with Gasteiger partial charge in [0.2, 0.25) is 17.5 Å². The standard InChI is InChI=1S/C9H14N4O2/c1-7-11-9(6-8(10)13(7)14)12-2-4-15-5-3-12/h6H,2-5,10H2,1H3. The molecule has 2 rings (SSSR count). The largest absolute Gasteiger partial charge is 0.740 e. The number of nitrogen functional groups attached to an aromatic ring is 1. The van der Waals surface area contributed by atoms with Crippen LogP contribution >= 0.6 is 0 Å². The number of aromatic nitrogens is 2. The molecule has 0 aliphatic carbocycles. The van der Waals surface area contributed by atoms with Crippen molar-refractivity contribution in [2.24, 2.45) is 0 Å². The molecular formula is C9H14N4O2. The summed E-state index contributed by atoms with van der Waals surface area (Å²) >= 11 is 0. The Morgan fingerprint density at radius 3 is 2.80 bits per heavy atom. The molecule has 0 aromatic carbocycles. The summed E-state index contributed by atoms with van der Waals surface area (Å²) in [5.74, 6) is 1.31. The summed E-state index contributed by atoms with van der Waals surface area (Å²) in [5, 5.41) is 11.3. The predicted octanol–water partition coefficient (Wildman–Crippen LogP) is -0.558. The summed E-state index contributed by atoms with van der Waals surface area (Å²) < 4.78 is 5.87. The van der Waals surface area contributed by atoms with Crippen LogP contribution in [0.1, 0.15) is 5.82 Å². The molecule has 2 heterocycles. The normalized spacial score (nSPS) is 16.7. The van der Waals surface area contributed by atoms with Gasteiger partial charge < -0.3 is 20.6 Å². The summed E-state index contributed by atoms with van der Waals surface area (Å²) in [6.07, 6.45) is 0. The molecule has 1 saturated heterocycles. The summed E-state index contributed by atoms with van der Waals surface area (Å²) in [4.78, 5) is 6.26. The molecule has 6 nitrogen and oxygen atoms in total. The SMILES string of the molecule is Cc1nc(N2CCOCC2)cc(N)[n+]1[O-]. The van der Waals surface area contributed by atoms with Crippen molar-refractivity contribution in [3.05, 3.63) is 17.1 Å². The molecule has 1 aliphatic heterocycles. The van der Waals surface area contributed by atoms with E-state index in [0.29, 0.717) is 23.8 Å². The minimum Gasteiger partial charge on any atom is -0.740 e. The van der Waals surface area contributed by atoms with Crippen LogP contribution in [0, 0.1) is 12.1 Å². The lowest BCUT2D eigenvalue weighted by molar-refractivity contribution is -0.600. The van der Waals surface area contributed by atoms with E-state index in [-0.39, 0.29) is 5.82 Å². The van der Waals surface area contributed by atoms with Gasteiger partial charge in [-0.2, -0.15) is 0 Å². The second-order valence-corrected chi connectivity index (χ2v) is 3.48. The van der Waals surface area contributed by atoms with Crippen molar-refractivity contribution in [1.82, 2.24) is 4.98 Å². The number of hydrogen-bond acceptors (Lipinski definition) is 5. The minimum absolute atomic E-state index is 0.184. The second-order valence-electron chi connectivity index (χ2n) is 3.48. The van der Waals surface area contributed by atoms with Gasteiger partial charge >= 0.3 is 0 Å². The van der Waals surface area contributed by atoms with Gasteiger partial charge in [0, 0.05) is 20.0 Å². The molecule has 0 radical (unpaired) electrons. The number of nitrogens with zero attached hydrogens (tertiary/aromatic N) is 3. The van der Waals surface area contributed by atoms with Gasteiger partial charge in [0.1, 0.15) is 0 Å². The monoisotopic (exact) mass is 210 g/mol. The average molecular weight is 210 g/mol. The van der Waals surface area contributed by atoms with Crippen molar-refractivity contribution in [1.29, 1.82) is 0 Å². The van der Waals surface area contributed by atoms with E-state index in [9.17, 15) is 5.21 Å². The zero-order valence-corrected chi connectivity index (χ0v) is 8.64. The van der Waals surface area contributed by atoms with Gasteiger partial charge in [-0.25, -0.2) is 4.73 Å². The number of morpholine rings is 1. The number of aryl methyl sites for hydroxylation is 1. The zero-order chi connectivity index (χ0) is 10.8. The highest BCUT2D eigenvalue weighted by Crippen LogP contribution is 2.13. The van der Waals surface area contributed by atoms with Gasteiger partial charge in [0.05, 0.1) is 19.3 Å². The van der Waals surface area contributed by atoms with Crippen molar-refractivity contribution in [2.45, 2.75) is 6.92 Å². The molecule has 0 saturated carbocycles. The van der Waals surface area contributed by atoms with Gasteiger partial charge in [-0.3, -0.25) is 0 Å². The first-order valence-electron chi connectivity index (χ1n) is 4.88. The maximum atomic E-state index is 11.3. The first kappa shape index (κ1) is 9.97. The molecule has 0 atom stereocenters. The van der Waals surface area contributed by atoms with Gasteiger partial charge in [-0.15, -0.1) is 0 Å². The first-order chi connectivity index (χ1) is 7.18. The van der Waals surface area contributed by atoms with E-state index in [1.165, 1.54) is 0 Å². The highest BCUT2D eigenvalue weighted by molar-refractivity contribution is 5.44. The maximum Gasteiger partial charge on any atom is 0.238 e. The van der Waals surface area contributed by atoms with Crippen molar-refractivity contribution < 1.29 is 9.47 Å². The molecular weight excluding hydrogens is 196 g/mol. The Bertz CT molecular complexity index is 340. The van der Waals surface area contributed by atoms with Crippen LogP contribution in [0.3, 0.4) is 0 Å². The molecule has 0 spiro atoms. The average Bonchev–Trinajstić information content (AvgIpc) is 2.26. The first-order valence-corrected chi connectivity index (χ1v) is 4.88. The van der Waals surface area contributed by atoms with E-state index in [1.54, 1.807) is 13.0 Å². The summed E-state index contributed by atoms with van der Waals surface area (Å²) in [6.45, 7) is 4.59. The fourth-order valence-electron chi connectivity index (χ4n) is 1.58. The third kappa shape index (κ3) is 1.94. The molecule has 0 bridgehead atoms. The summed E-state index contributed by atoms with van der Waals surface area (Å²) in [6, 6.07) is 1.60. The van der Waals surface area contributed by atoms with E-state index >= 15 is 0 Å². The Kier molecular flexibility index (Phi) is 2.59. The van der Waals surface area contributed by atoms with E-state index < -0.39 is 0 Å². The number of hydrogen-bond donors (Lipinski definition) is 1. The van der Waals surface area contributed by atoms with Crippen molar-refractivity contribution >= 4 is 11.6 Å². The lowest BCUT2D eigenvalue weighted by atomic mass is 10.4. The molecule has 82 valence electrons. The minimum atomic E-state index is 0.184. The predicted molar refractivity (Wildman–Crippen MR) is 55.4 cm³/mol. The van der Waals surface area contributed by atoms with Crippen LogP contribution in [-0.2, 0) is 4.74 Å². The van der Waals surface area contributed by atoms with Crippen LogP contribution in [0.25, 0.3) is 0 Å². The van der Waals surface area contributed by atoms with Crippen LogP contribution in [0.2, 0.25) is 0 Å². The van der Waals surface area contributed by atoms with Gasteiger partial charge in [0.25, 0.3) is 0 Å². The molecule has 2 N–H and O–H groups in total. The highest BCUT2D eigenvalue weighted by Gasteiger charge is 2.17. The van der Waals surface area contributed by atoms with E-state index in [2.05, 4.69) is 9.88 Å². The van der Waals surface area contributed by atoms with Gasteiger partial charge in [-0.1, -0.05) is 4.98 Å². The van der Waals surface area contributed by atoms with Gasteiger partial charge in [0.15, 0.2) is 0 Å². The third-order valence-corrected chi connectivity index (χ3v) is 2.42. The fraction of sp³-hybridized carbons (Fsp3) is 0.556. The molecule has 15 heavy (non-hydrogen) atoms. The van der Waals surface area contributed by atoms with Crippen molar-refractivity contribution in [3.8, 4) is 0 Å². The van der Waals surface area contributed by atoms with Crippen molar-refractivity contribution in [2.75, 3.05) is 36.9 Å². The Hall–Kier alpha value is -1.56. The Morgan fingerprint density at radius 1 is 1.53 bits per heavy atom. The molecule has 0 unspecified atom stereocenters. The van der Waals surface area contributed by atoms with E-state index in [1.807, 2.05) is 0 Å². The molecule has 1 aromatic heterocycles. The molecule has 6 heteroatoms. The molecule has 1 aromatic rings. The second kappa shape index (κ2) is 3.90. The summed E-state index contributed by atoms with van der Waals surface area (Å²) in [5.41, 5.74) is 5.58. The van der Waals surface area contributed by atoms with Crippen LogP contribution < -0.4 is 15.4 Å². The number of ether oxygens (including phenoxy) is 1. The Balaban J connectivity index is 2.27. The molecule has 0 amide bonds.